The van der Waals surface area contributed by atoms with E-state index in [-0.39, 0.29) is 17.7 Å². The maximum Gasteiger partial charge on any atom is 0.313 e. The van der Waals surface area contributed by atoms with Crippen LogP contribution in [0.5, 0.6) is 0 Å². The number of nitrogens with zero attached hydrogens (tertiary/aromatic N) is 4. The molecule has 1 saturated heterocycles. The quantitative estimate of drug-likeness (QED) is 0.803. The molecule has 1 aromatic heterocycles. The Morgan fingerprint density at radius 1 is 1.33 bits per heavy atom. The Morgan fingerprint density at radius 2 is 2.08 bits per heavy atom. The number of aromatic nitrogens is 3. The third-order valence-corrected chi connectivity index (χ3v) is 5.02. The summed E-state index contributed by atoms with van der Waals surface area (Å²) in [5.41, 5.74) is 1.07. The Morgan fingerprint density at radius 3 is 2.79 bits per heavy atom. The van der Waals surface area contributed by atoms with E-state index >= 15 is 0 Å². The Labute approximate surface area is 143 Å². The smallest absolute Gasteiger partial charge is 0.313 e. The molecule has 1 N–H and O–H groups in total. The summed E-state index contributed by atoms with van der Waals surface area (Å²) in [5.74, 6) is -0.161. The van der Waals surface area contributed by atoms with Gasteiger partial charge in [0.2, 0.25) is 5.91 Å². The lowest BCUT2D eigenvalue weighted by molar-refractivity contribution is -0.134. The molecule has 0 radical (unpaired) electrons. The Hall–Kier alpha value is -2.35. The van der Waals surface area contributed by atoms with Crippen molar-refractivity contribution in [3.05, 3.63) is 41.7 Å². The number of rotatable bonds is 6. The first-order chi connectivity index (χ1) is 11.6. The molecule has 0 aliphatic carbocycles. The van der Waals surface area contributed by atoms with E-state index in [9.17, 15) is 9.59 Å². The van der Waals surface area contributed by atoms with Gasteiger partial charge in [0.1, 0.15) is 0 Å². The van der Waals surface area contributed by atoms with Gasteiger partial charge in [0.05, 0.1) is 11.8 Å². The van der Waals surface area contributed by atoms with Gasteiger partial charge in [0, 0.05) is 20.0 Å². The SMILES string of the molecule is Cn1c(SCC(=O)O)nnc1C1CCC(=O)N1Cc1ccccc1. The summed E-state index contributed by atoms with van der Waals surface area (Å²) in [4.78, 5) is 24.8. The van der Waals surface area contributed by atoms with Gasteiger partial charge in [0.15, 0.2) is 11.0 Å². The summed E-state index contributed by atoms with van der Waals surface area (Å²) >= 11 is 1.13. The van der Waals surface area contributed by atoms with Crippen LogP contribution in [0.1, 0.15) is 30.3 Å². The largest absolute Gasteiger partial charge is 0.481 e. The van der Waals surface area contributed by atoms with Crippen LogP contribution < -0.4 is 0 Å². The fourth-order valence-electron chi connectivity index (χ4n) is 2.85. The average molecular weight is 346 g/mol. The molecule has 0 saturated carbocycles. The first-order valence-electron chi connectivity index (χ1n) is 7.63. The van der Waals surface area contributed by atoms with Crippen molar-refractivity contribution in [3.8, 4) is 0 Å². The van der Waals surface area contributed by atoms with Crippen molar-refractivity contribution in [3.63, 3.8) is 0 Å². The summed E-state index contributed by atoms with van der Waals surface area (Å²) in [7, 11) is 1.81. The van der Waals surface area contributed by atoms with Crippen molar-refractivity contribution < 1.29 is 14.7 Å². The number of hydrogen-bond donors (Lipinski definition) is 1. The minimum Gasteiger partial charge on any atom is -0.481 e. The molecular weight excluding hydrogens is 328 g/mol. The maximum atomic E-state index is 12.3. The van der Waals surface area contributed by atoms with E-state index in [0.29, 0.717) is 30.4 Å². The van der Waals surface area contributed by atoms with Crippen LogP contribution in [0.15, 0.2) is 35.5 Å². The molecular formula is C16H18N4O3S. The third kappa shape index (κ3) is 3.43. The van der Waals surface area contributed by atoms with Gasteiger partial charge in [-0.2, -0.15) is 0 Å². The number of hydrogen-bond acceptors (Lipinski definition) is 5. The molecule has 126 valence electrons. The molecule has 24 heavy (non-hydrogen) atoms. The highest BCUT2D eigenvalue weighted by Crippen LogP contribution is 2.34. The number of carboxylic acids is 1. The Bertz CT molecular complexity index is 747. The zero-order chi connectivity index (χ0) is 17.1. The van der Waals surface area contributed by atoms with Crippen LogP contribution in [0.4, 0.5) is 0 Å². The van der Waals surface area contributed by atoms with Crippen LogP contribution in [0.3, 0.4) is 0 Å². The lowest BCUT2D eigenvalue weighted by Gasteiger charge is -2.24. The van der Waals surface area contributed by atoms with E-state index in [2.05, 4.69) is 10.2 Å². The topological polar surface area (TPSA) is 88.3 Å². The summed E-state index contributed by atoms with van der Waals surface area (Å²) in [6.45, 7) is 0.537. The van der Waals surface area contributed by atoms with Gasteiger partial charge < -0.3 is 14.6 Å². The van der Waals surface area contributed by atoms with Crippen LogP contribution in [-0.4, -0.2) is 42.4 Å². The van der Waals surface area contributed by atoms with Crippen LogP contribution in [0, 0.1) is 0 Å². The lowest BCUT2D eigenvalue weighted by atomic mass is 10.1. The second-order valence-corrected chi connectivity index (χ2v) is 6.59. The number of amides is 1. The highest BCUT2D eigenvalue weighted by molar-refractivity contribution is 7.99. The van der Waals surface area contributed by atoms with E-state index in [1.807, 2.05) is 42.3 Å². The van der Waals surface area contributed by atoms with E-state index < -0.39 is 5.97 Å². The minimum absolute atomic E-state index is 0.0662. The molecule has 2 aromatic rings. The molecule has 3 rings (SSSR count). The average Bonchev–Trinajstić information content (AvgIpc) is 3.10. The lowest BCUT2D eigenvalue weighted by Crippen LogP contribution is -2.28. The number of carboxylic acid groups (broad SMARTS) is 1. The molecule has 1 aliphatic heterocycles. The summed E-state index contributed by atoms with van der Waals surface area (Å²) in [6, 6.07) is 9.71. The van der Waals surface area contributed by atoms with Crippen LogP contribution in [-0.2, 0) is 23.2 Å². The number of thioether (sulfide) groups is 1. The highest BCUT2D eigenvalue weighted by atomic mass is 32.2. The first-order valence-corrected chi connectivity index (χ1v) is 8.62. The molecule has 7 nitrogen and oxygen atoms in total. The monoisotopic (exact) mass is 346 g/mol. The van der Waals surface area contributed by atoms with Crippen LogP contribution >= 0.6 is 11.8 Å². The molecule has 1 aromatic carbocycles. The van der Waals surface area contributed by atoms with Crippen LogP contribution in [0.25, 0.3) is 0 Å². The maximum absolute atomic E-state index is 12.3. The second-order valence-electron chi connectivity index (χ2n) is 5.64. The molecule has 0 spiro atoms. The fourth-order valence-corrected chi connectivity index (χ4v) is 3.49. The van der Waals surface area contributed by atoms with Crippen molar-refractivity contribution >= 4 is 23.6 Å². The Balaban J connectivity index is 1.80. The minimum atomic E-state index is -0.897. The highest BCUT2D eigenvalue weighted by Gasteiger charge is 2.35. The molecule has 8 heteroatoms. The van der Waals surface area contributed by atoms with Crippen molar-refractivity contribution in [1.29, 1.82) is 0 Å². The van der Waals surface area contributed by atoms with Gasteiger partial charge in [-0.1, -0.05) is 42.1 Å². The molecule has 1 atom stereocenters. The van der Waals surface area contributed by atoms with E-state index in [4.69, 9.17) is 5.11 Å². The summed E-state index contributed by atoms with van der Waals surface area (Å²) in [6.07, 6.45) is 1.18. The normalized spacial score (nSPS) is 17.5. The number of carbonyl (C=O) groups excluding carboxylic acids is 1. The molecule has 0 bridgehead atoms. The predicted octanol–water partition coefficient (Wildman–Crippen LogP) is 1.86. The van der Waals surface area contributed by atoms with E-state index in [1.54, 1.807) is 4.57 Å². The number of likely N-dealkylation sites (tertiary alicyclic amines) is 1. The summed E-state index contributed by atoms with van der Waals surface area (Å²) in [5, 5.41) is 17.6. The van der Waals surface area contributed by atoms with Crippen molar-refractivity contribution in [1.82, 2.24) is 19.7 Å². The van der Waals surface area contributed by atoms with Crippen molar-refractivity contribution in [2.75, 3.05) is 5.75 Å². The van der Waals surface area contributed by atoms with Gasteiger partial charge in [-0.15, -0.1) is 10.2 Å². The van der Waals surface area contributed by atoms with Gasteiger partial charge in [0.25, 0.3) is 0 Å². The van der Waals surface area contributed by atoms with Gasteiger partial charge >= 0.3 is 5.97 Å². The van der Waals surface area contributed by atoms with E-state index in [1.165, 1.54) is 0 Å². The Kier molecular flexibility index (Phi) is 4.84. The van der Waals surface area contributed by atoms with E-state index in [0.717, 1.165) is 17.3 Å². The molecule has 1 fully saturated rings. The van der Waals surface area contributed by atoms with Crippen molar-refractivity contribution in [2.24, 2.45) is 7.05 Å². The molecule has 1 aliphatic rings. The zero-order valence-corrected chi connectivity index (χ0v) is 14.1. The number of aliphatic carboxylic acids is 1. The number of benzene rings is 1. The predicted molar refractivity (Wildman–Crippen MR) is 88.3 cm³/mol. The van der Waals surface area contributed by atoms with Crippen molar-refractivity contribution in [2.45, 2.75) is 30.6 Å². The first kappa shape index (κ1) is 16.5. The standard InChI is InChI=1S/C16H18N4O3S/c1-19-15(17-18-16(19)24-10-14(22)23)12-7-8-13(21)20(12)9-11-5-3-2-4-6-11/h2-6,12H,7-10H2,1H3,(H,22,23). The molecule has 1 amide bonds. The summed E-state index contributed by atoms with van der Waals surface area (Å²) < 4.78 is 1.79. The number of carbonyl (C=O) groups is 2. The van der Waals surface area contributed by atoms with Crippen LogP contribution in [0.2, 0.25) is 0 Å². The third-order valence-electron chi connectivity index (χ3n) is 4.02. The second kappa shape index (κ2) is 7.04. The molecule has 1 unspecified atom stereocenters. The van der Waals surface area contributed by atoms with Gasteiger partial charge in [-0.3, -0.25) is 9.59 Å². The van der Waals surface area contributed by atoms with Gasteiger partial charge in [-0.25, -0.2) is 0 Å². The zero-order valence-electron chi connectivity index (χ0n) is 13.3. The fraction of sp³-hybridized carbons (Fsp3) is 0.375. The molecule has 2 heterocycles. The van der Waals surface area contributed by atoms with Gasteiger partial charge in [-0.05, 0) is 12.0 Å².